The molecule has 1 fully saturated rings. The van der Waals surface area contributed by atoms with E-state index in [-0.39, 0.29) is 6.10 Å². The molecule has 27 heavy (non-hydrogen) atoms. The number of guanidine groups is 1. The molecule has 146 valence electrons. The number of nitrogens with one attached hydrogen (secondary N) is 1. The largest absolute Gasteiger partial charge is 0.489 e. The third kappa shape index (κ3) is 5.74. The summed E-state index contributed by atoms with van der Waals surface area (Å²) in [6, 6.07) is 9.93. The predicted molar refractivity (Wildman–Crippen MR) is 109 cm³/mol. The van der Waals surface area contributed by atoms with E-state index >= 15 is 0 Å². The third-order valence-corrected chi connectivity index (χ3v) is 4.78. The number of aryl methyl sites for hydroxylation is 1. The van der Waals surface area contributed by atoms with Gasteiger partial charge in [0.15, 0.2) is 5.96 Å². The lowest BCUT2D eigenvalue weighted by molar-refractivity contribution is 0.229. The molecule has 2 aromatic rings. The summed E-state index contributed by atoms with van der Waals surface area (Å²) in [7, 11) is 1.97. The Morgan fingerprint density at radius 3 is 2.89 bits per heavy atom. The average Bonchev–Trinajstić information content (AvgIpc) is 3.29. The normalized spacial score (nSPS) is 18.6. The lowest BCUT2D eigenvalue weighted by Crippen LogP contribution is -2.40. The number of aromatic nitrogens is 2. The number of hydrogen-bond acceptors (Lipinski definition) is 3. The number of ether oxygens (including phenoxy) is 1. The van der Waals surface area contributed by atoms with Crippen molar-refractivity contribution in [3.63, 3.8) is 0 Å². The smallest absolute Gasteiger partial charge is 0.194 e. The van der Waals surface area contributed by atoms with Gasteiger partial charge in [-0.05, 0) is 50.3 Å². The highest BCUT2D eigenvalue weighted by Gasteiger charge is 2.25. The summed E-state index contributed by atoms with van der Waals surface area (Å²) in [4.78, 5) is 7.20. The van der Waals surface area contributed by atoms with Gasteiger partial charge in [0.05, 0.1) is 12.7 Å². The Morgan fingerprint density at radius 1 is 1.37 bits per heavy atom. The summed E-state index contributed by atoms with van der Waals surface area (Å²) in [6.45, 7) is 7.77. The van der Waals surface area contributed by atoms with Crippen molar-refractivity contribution >= 4 is 5.96 Å². The van der Waals surface area contributed by atoms with Crippen LogP contribution in [-0.2, 0) is 13.5 Å². The fourth-order valence-electron chi connectivity index (χ4n) is 3.51. The van der Waals surface area contributed by atoms with Crippen LogP contribution in [0.3, 0.4) is 0 Å². The van der Waals surface area contributed by atoms with Crippen LogP contribution in [0.15, 0.2) is 47.7 Å². The molecule has 1 aromatic heterocycles. The molecule has 1 saturated heterocycles. The zero-order chi connectivity index (χ0) is 19.1. The minimum atomic E-state index is 0.0369. The number of likely N-dealkylation sites (tertiary alicyclic amines) is 1. The van der Waals surface area contributed by atoms with Crippen LogP contribution in [0.2, 0.25) is 0 Å². The molecule has 0 spiro atoms. The summed E-state index contributed by atoms with van der Waals surface area (Å²) >= 11 is 0. The molecule has 2 heterocycles. The predicted octanol–water partition coefficient (Wildman–Crippen LogP) is 2.72. The lowest BCUT2D eigenvalue weighted by Gasteiger charge is -2.22. The van der Waals surface area contributed by atoms with Crippen LogP contribution in [0.25, 0.3) is 0 Å². The Balaban J connectivity index is 1.53. The molecule has 1 N–H and O–H groups in total. The molecule has 0 radical (unpaired) electrons. The van der Waals surface area contributed by atoms with E-state index in [2.05, 4.69) is 35.4 Å². The topological polar surface area (TPSA) is 54.7 Å². The van der Waals surface area contributed by atoms with Gasteiger partial charge in [-0.3, -0.25) is 4.68 Å². The number of benzene rings is 1. The van der Waals surface area contributed by atoms with Gasteiger partial charge in [-0.2, -0.15) is 5.10 Å². The van der Waals surface area contributed by atoms with Crippen LogP contribution >= 0.6 is 0 Å². The van der Waals surface area contributed by atoms with Crippen LogP contribution < -0.4 is 10.1 Å². The Bertz CT molecular complexity index is 727. The Morgan fingerprint density at radius 2 is 2.19 bits per heavy atom. The van der Waals surface area contributed by atoms with E-state index in [9.17, 15) is 0 Å². The van der Waals surface area contributed by atoms with E-state index in [1.807, 2.05) is 48.3 Å². The van der Waals surface area contributed by atoms with Crippen molar-refractivity contribution in [2.75, 3.05) is 26.2 Å². The van der Waals surface area contributed by atoms with E-state index in [0.29, 0.717) is 12.5 Å². The zero-order valence-electron chi connectivity index (χ0n) is 16.6. The summed E-state index contributed by atoms with van der Waals surface area (Å²) in [6.07, 6.45) is 6.40. The summed E-state index contributed by atoms with van der Waals surface area (Å²) in [5.74, 6) is 2.54. The van der Waals surface area contributed by atoms with E-state index in [1.165, 1.54) is 12.0 Å². The molecule has 0 bridgehead atoms. The van der Waals surface area contributed by atoms with Gasteiger partial charge in [-0.25, -0.2) is 4.99 Å². The molecular weight excluding hydrogens is 338 g/mol. The van der Waals surface area contributed by atoms with E-state index < -0.39 is 0 Å². The van der Waals surface area contributed by atoms with Gasteiger partial charge in [0.25, 0.3) is 0 Å². The molecule has 6 nitrogen and oxygen atoms in total. The van der Waals surface area contributed by atoms with Crippen molar-refractivity contribution < 1.29 is 4.74 Å². The van der Waals surface area contributed by atoms with Gasteiger partial charge in [0, 0.05) is 32.9 Å². The molecular formula is C21H31N5O. The number of rotatable bonds is 7. The van der Waals surface area contributed by atoms with Crippen LogP contribution in [0, 0.1) is 5.92 Å². The van der Waals surface area contributed by atoms with Crippen LogP contribution in [-0.4, -0.2) is 52.9 Å². The van der Waals surface area contributed by atoms with Crippen molar-refractivity contribution in [2.45, 2.75) is 32.8 Å². The summed E-state index contributed by atoms with van der Waals surface area (Å²) in [5.41, 5.74) is 1.32. The van der Waals surface area contributed by atoms with Crippen molar-refractivity contribution in [1.29, 1.82) is 0 Å². The van der Waals surface area contributed by atoms with Crippen LogP contribution in [0.5, 0.6) is 5.75 Å². The second-order valence-electron chi connectivity index (χ2n) is 7.26. The van der Waals surface area contributed by atoms with Crippen LogP contribution in [0.4, 0.5) is 0 Å². The van der Waals surface area contributed by atoms with E-state index in [1.54, 1.807) is 0 Å². The first-order chi connectivity index (χ1) is 13.1. The molecule has 0 saturated carbocycles. The van der Waals surface area contributed by atoms with Gasteiger partial charge in [0.2, 0.25) is 0 Å². The molecule has 0 amide bonds. The van der Waals surface area contributed by atoms with Gasteiger partial charge >= 0.3 is 0 Å². The van der Waals surface area contributed by atoms with Crippen molar-refractivity contribution in [3.05, 3.63) is 48.3 Å². The monoisotopic (exact) mass is 369 g/mol. The minimum absolute atomic E-state index is 0.0369. The first-order valence-electron chi connectivity index (χ1n) is 9.86. The van der Waals surface area contributed by atoms with E-state index in [4.69, 9.17) is 9.73 Å². The maximum atomic E-state index is 5.95. The Kier molecular flexibility index (Phi) is 6.74. The van der Waals surface area contributed by atoms with Gasteiger partial charge in [-0.1, -0.05) is 18.2 Å². The number of aliphatic imine (C=N–C) groups is 1. The molecule has 2 unspecified atom stereocenters. The molecule has 6 heteroatoms. The number of para-hydroxylation sites is 1. The summed E-state index contributed by atoms with van der Waals surface area (Å²) < 4.78 is 7.82. The molecule has 1 aromatic carbocycles. The molecule has 1 aliphatic rings. The SMILES string of the molecule is CCNC(=NCC(C)Oc1ccccc1)N1CCC(Cc2cnn(C)c2)C1. The lowest BCUT2D eigenvalue weighted by atomic mass is 10.0. The third-order valence-electron chi connectivity index (χ3n) is 4.78. The Labute approximate surface area is 162 Å². The van der Waals surface area contributed by atoms with Crippen molar-refractivity contribution in [1.82, 2.24) is 20.0 Å². The molecule has 1 aliphatic heterocycles. The molecule has 0 aliphatic carbocycles. The first-order valence-corrected chi connectivity index (χ1v) is 9.86. The quantitative estimate of drug-likeness (QED) is 0.602. The second kappa shape index (κ2) is 9.44. The van der Waals surface area contributed by atoms with Crippen molar-refractivity contribution in [2.24, 2.45) is 18.0 Å². The minimum Gasteiger partial charge on any atom is -0.489 e. The zero-order valence-corrected chi connectivity index (χ0v) is 16.6. The standard InChI is InChI=1S/C21H31N5O/c1-4-22-21(23-13-17(2)27-20-8-6-5-7-9-20)26-11-10-18(16-26)12-19-14-24-25(3)15-19/h5-9,14-15,17-18H,4,10-13,16H2,1-3H3,(H,22,23). The molecule has 3 rings (SSSR count). The van der Waals surface area contributed by atoms with Gasteiger partial charge in [0.1, 0.15) is 11.9 Å². The van der Waals surface area contributed by atoms with Gasteiger partial charge in [-0.15, -0.1) is 0 Å². The summed E-state index contributed by atoms with van der Waals surface area (Å²) in [5, 5.41) is 7.71. The van der Waals surface area contributed by atoms with Crippen molar-refractivity contribution in [3.8, 4) is 5.75 Å². The second-order valence-corrected chi connectivity index (χ2v) is 7.26. The van der Waals surface area contributed by atoms with Crippen LogP contribution in [0.1, 0.15) is 25.8 Å². The highest BCUT2D eigenvalue weighted by Crippen LogP contribution is 2.21. The first kappa shape index (κ1) is 19.3. The number of hydrogen-bond donors (Lipinski definition) is 1. The Hall–Kier alpha value is -2.50. The molecule has 2 atom stereocenters. The highest BCUT2D eigenvalue weighted by atomic mass is 16.5. The highest BCUT2D eigenvalue weighted by molar-refractivity contribution is 5.80. The maximum absolute atomic E-state index is 5.95. The van der Waals surface area contributed by atoms with E-state index in [0.717, 1.165) is 37.8 Å². The van der Waals surface area contributed by atoms with Gasteiger partial charge < -0.3 is 15.0 Å². The fraction of sp³-hybridized carbons (Fsp3) is 0.524. The maximum Gasteiger partial charge on any atom is 0.194 e. The average molecular weight is 370 g/mol. The number of nitrogens with zero attached hydrogens (tertiary/aromatic N) is 4. The fourth-order valence-corrected chi connectivity index (χ4v) is 3.51.